The van der Waals surface area contributed by atoms with Crippen LogP contribution >= 0.6 is 35.0 Å². The summed E-state index contributed by atoms with van der Waals surface area (Å²) < 4.78 is 0. The van der Waals surface area contributed by atoms with Crippen LogP contribution in [0.5, 0.6) is 0 Å². The second-order valence-corrected chi connectivity index (χ2v) is 10.8. The maximum atomic E-state index is 13.5. The molecule has 3 heterocycles. The molecule has 2 aliphatic rings. The lowest BCUT2D eigenvalue weighted by atomic mass is 10.2. The molecule has 0 bridgehead atoms. The Morgan fingerprint density at radius 1 is 0.917 bits per heavy atom. The summed E-state index contributed by atoms with van der Waals surface area (Å²) >= 11 is 14.0. The van der Waals surface area contributed by atoms with Crippen molar-refractivity contribution in [2.45, 2.75) is 11.8 Å². The van der Waals surface area contributed by atoms with Gasteiger partial charge in [-0.15, -0.1) is 0 Å². The molecule has 2 aliphatic heterocycles. The van der Waals surface area contributed by atoms with Crippen molar-refractivity contribution in [1.82, 2.24) is 19.8 Å². The monoisotopic (exact) mass is 539 g/mol. The molecule has 0 N–H and O–H groups in total. The van der Waals surface area contributed by atoms with E-state index < -0.39 is 0 Å². The van der Waals surface area contributed by atoms with Gasteiger partial charge in [0.25, 0.3) is 5.91 Å². The van der Waals surface area contributed by atoms with Gasteiger partial charge in [0.1, 0.15) is 5.37 Å². The number of carbonyl (C=O) groups is 1. The maximum Gasteiger partial charge on any atom is 0.261 e. The fourth-order valence-corrected chi connectivity index (χ4v) is 6.21. The zero-order valence-electron chi connectivity index (χ0n) is 19.8. The molecule has 186 valence electrons. The number of aromatic nitrogens is 2. The average molecular weight is 541 g/mol. The van der Waals surface area contributed by atoms with E-state index in [2.05, 4.69) is 19.8 Å². The highest BCUT2D eigenvalue weighted by atomic mass is 35.5. The number of hydrogen-bond acceptors (Lipinski definition) is 6. The molecule has 2 aromatic carbocycles. The first-order valence-electron chi connectivity index (χ1n) is 12.0. The number of anilines is 1. The van der Waals surface area contributed by atoms with Gasteiger partial charge in [-0.1, -0.05) is 59.2 Å². The Labute approximate surface area is 225 Å². The molecule has 1 aromatic heterocycles. The summed E-state index contributed by atoms with van der Waals surface area (Å²) in [5.41, 5.74) is 1.96. The van der Waals surface area contributed by atoms with E-state index in [0.717, 1.165) is 61.1 Å². The van der Waals surface area contributed by atoms with E-state index in [1.165, 1.54) is 0 Å². The zero-order chi connectivity index (χ0) is 24.9. The number of halogens is 2. The van der Waals surface area contributed by atoms with Gasteiger partial charge in [0, 0.05) is 55.2 Å². The van der Waals surface area contributed by atoms with E-state index in [-0.39, 0.29) is 11.3 Å². The topological polar surface area (TPSA) is 52.6 Å². The molecule has 6 nitrogen and oxygen atoms in total. The van der Waals surface area contributed by atoms with E-state index >= 15 is 0 Å². The molecule has 0 saturated carbocycles. The van der Waals surface area contributed by atoms with Crippen LogP contribution < -0.4 is 4.90 Å². The van der Waals surface area contributed by atoms with Crippen LogP contribution in [0.4, 0.5) is 5.95 Å². The van der Waals surface area contributed by atoms with Gasteiger partial charge in [0.2, 0.25) is 5.95 Å². The molecule has 3 aromatic rings. The molecular weight excluding hydrogens is 513 g/mol. The number of thioether (sulfide) groups is 1. The average Bonchev–Trinajstić information content (AvgIpc) is 3.20. The first-order chi connectivity index (χ1) is 17.6. The number of benzene rings is 2. The lowest BCUT2D eigenvalue weighted by molar-refractivity contribution is -0.126. The standard InChI is InChI=1S/C27H27Cl2N5OS/c28-22-7-1-5-20(17-22)18-24-25(35)34(26(36-24)21-6-2-8-23(29)19-21)12-4-11-32-13-15-33(16-14-32)27-30-9-3-10-31-27/h1-3,5-10,17-19,26H,4,11-16H2/b24-18+. The minimum Gasteiger partial charge on any atom is -0.338 e. The van der Waals surface area contributed by atoms with E-state index in [4.69, 9.17) is 23.2 Å². The quantitative estimate of drug-likeness (QED) is 0.363. The predicted octanol–water partition coefficient (Wildman–Crippen LogP) is 5.61. The Morgan fingerprint density at radius 3 is 2.36 bits per heavy atom. The second kappa shape index (κ2) is 11.6. The number of rotatable bonds is 7. The van der Waals surface area contributed by atoms with Gasteiger partial charge in [-0.3, -0.25) is 9.69 Å². The number of piperazine rings is 1. The Hall–Kier alpha value is -2.58. The molecule has 5 rings (SSSR count). The van der Waals surface area contributed by atoms with Crippen LogP contribution in [0.25, 0.3) is 6.08 Å². The van der Waals surface area contributed by atoms with E-state index in [9.17, 15) is 4.79 Å². The van der Waals surface area contributed by atoms with Crippen molar-refractivity contribution >= 4 is 52.9 Å². The van der Waals surface area contributed by atoms with Crippen LogP contribution in [0.2, 0.25) is 10.0 Å². The first-order valence-corrected chi connectivity index (χ1v) is 13.6. The van der Waals surface area contributed by atoms with E-state index in [1.54, 1.807) is 24.2 Å². The van der Waals surface area contributed by atoms with Crippen molar-refractivity contribution < 1.29 is 4.79 Å². The molecule has 36 heavy (non-hydrogen) atoms. The number of nitrogens with zero attached hydrogens (tertiary/aromatic N) is 5. The summed E-state index contributed by atoms with van der Waals surface area (Å²) in [7, 11) is 0. The highest BCUT2D eigenvalue weighted by molar-refractivity contribution is 8.04. The highest BCUT2D eigenvalue weighted by Gasteiger charge is 2.37. The van der Waals surface area contributed by atoms with Gasteiger partial charge < -0.3 is 9.80 Å². The minimum atomic E-state index is -0.103. The number of hydrogen-bond donors (Lipinski definition) is 0. The summed E-state index contributed by atoms with van der Waals surface area (Å²) in [6.07, 6.45) is 6.40. The Balaban J connectivity index is 1.24. The second-order valence-electron chi connectivity index (χ2n) is 8.82. The lowest BCUT2D eigenvalue weighted by Crippen LogP contribution is -2.47. The first kappa shape index (κ1) is 25.1. The number of amides is 1. The smallest absolute Gasteiger partial charge is 0.261 e. The van der Waals surface area contributed by atoms with Gasteiger partial charge in [-0.25, -0.2) is 9.97 Å². The van der Waals surface area contributed by atoms with Crippen molar-refractivity contribution in [1.29, 1.82) is 0 Å². The van der Waals surface area contributed by atoms with Crippen molar-refractivity contribution in [2.75, 3.05) is 44.2 Å². The van der Waals surface area contributed by atoms with Crippen LogP contribution in [0.15, 0.2) is 71.9 Å². The third kappa shape index (κ3) is 6.03. The van der Waals surface area contributed by atoms with Crippen LogP contribution in [-0.4, -0.2) is 64.9 Å². The summed E-state index contributed by atoms with van der Waals surface area (Å²) in [4.78, 5) is 29.6. The third-order valence-electron chi connectivity index (χ3n) is 6.35. The van der Waals surface area contributed by atoms with Crippen molar-refractivity contribution in [3.63, 3.8) is 0 Å². The maximum absolute atomic E-state index is 13.5. The largest absolute Gasteiger partial charge is 0.338 e. The third-order valence-corrected chi connectivity index (χ3v) is 8.12. The van der Waals surface area contributed by atoms with Gasteiger partial charge in [-0.2, -0.15) is 0 Å². The van der Waals surface area contributed by atoms with Gasteiger partial charge in [-0.05, 0) is 60.5 Å². The Kier molecular flexibility index (Phi) is 8.12. The highest BCUT2D eigenvalue weighted by Crippen LogP contribution is 2.46. The fourth-order valence-electron chi connectivity index (χ4n) is 4.54. The Bertz CT molecular complexity index is 1230. The van der Waals surface area contributed by atoms with Crippen LogP contribution in [0.1, 0.15) is 22.9 Å². The van der Waals surface area contributed by atoms with E-state index in [1.807, 2.05) is 65.6 Å². The van der Waals surface area contributed by atoms with Crippen molar-refractivity contribution in [3.05, 3.63) is 93.1 Å². The number of carbonyl (C=O) groups excluding carboxylic acids is 1. The molecule has 1 unspecified atom stereocenters. The van der Waals surface area contributed by atoms with E-state index in [0.29, 0.717) is 16.6 Å². The molecule has 1 amide bonds. The Morgan fingerprint density at radius 2 is 1.64 bits per heavy atom. The summed E-state index contributed by atoms with van der Waals surface area (Å²) in [5, 5.41) is 1.23. The summed E-state index contributed by atoms with van der Waals surface area (Å²) in [5.74, 6) is 0.844. The molecule has 0 aliphatic carbocycles. The minimum absolute atomic E-state index is 0.0518. The van der Waals surface area contributed by atoms with Crippen molar-refractivity contribution in [2.24, 2.45) is 0 Å². The summed E-state index contributed by atoms with van der Waals surface area (Å²) in [6.45, 7) is 5.34. The molecule has 0 radical (unpaired) electrons. The predicted molar refractivity (Wildman–Crippen MR) is 148 cm³/mol. The lowest BCUT2D eigenvalue weighted by Gasteiger charge is -2.35. The van der Waals surface area contributed by atoms with Crippen LogP contribution in [0, 0.1) is 0 Å². The molecule has 1 atom stereocenters. The normalized spacial score (nSPS) is 19.9. The molecule has 2 saturated heterocycles. The van der Waals surface area contributed by atoms with Gasteiger partial charge in [0.05, 0.1) is 4.91 Å². The summed E-state index contributed by atoms with van der Waals surface area (Å²) in [6, 6.07) is 17.2. The molecule has 0 spiro atoms. The zero-order valence-corrected chi connectivity index (χ0v) is 22.1. The van der Waals surface area contributed by atoms with Gasteiger partial charge in [0.15, 0.2) is 0 Å². The van der Waals surface area contributed by atoms with Crippen LogP contribution in [0.3, 0.4) is 0 Å². The molecule has 9 heteroatoms. The molecular formula is C27H27Cl2N5OS. The SMILES string of the molecule is O=C1/C(=C\c2cccc(Cl)c2)SC(c2cccc(Cl)c2)N1CCCN1CCN(c2ncccn2)CC1. The fraction of sp³-hybridized carbons (Fsp3) is 0.296. The van der Waals surface area contributed by atoms with Crippen molar-refractivity contribution in [3.8, 4) is 0 Å². The molecule has 2 fully saturated rings. The van der Waals surface area contributed by atoms with Crippen LogP contribution in [-0.2, 0) is 4.79 Å². The van der Waals surface area contributed by atoms with Gasteiger partial charge >= 0.3 is 0 Å².